The summed E-state index contributed by atoms with van der Waals surface area (Å²) >= 11 is 0. The van der Waals surface area contributed by atoms with Crippen LogP contribution < -0.4 is 0 Å². The lowest BCUT2D eigenvalue weighted by molar-refractivity contribution is 1.14. The summed E-state index contributed by atoms with van der Waals surface area (Å²) in [6, 6.07) is 59.8. The predicted molar refractivity (Wildman–Crippen MR) is 223 cm³/mol. The van der Waals surface area contributed by atoms with E-state index in [0.29, 0.717) is 16.7 Å². The summed E-state index contributed by atoms with van der Waals surface area (Å²) in [5.41, 5.74) is 13.1. The molecule has 0 spiro atoms. The van der Waals surface area contributed by atoms with Crippen LogP contribution in [0.2, 0.25) is 0 Å². The van der Waals surface area contributed by atoms with E-state index in [4.69, 9.17) is 0 Å². The van der Waals surface area contributed by atoms with E-state index < -0.39 is 0 Å². The molecule has 0 radical (unpaired) electrons. The van der Waals surface area contributed by atoms with Crippen LogP contribution in [-0.2, 0) is 0 Å². The van der Waals surface area contributed by atoms with Gasteiger partial charge in [0.25, 0.3) is 0 Å². The zero-order chi connectivity index (χ0) is 37.8. The maximum atomic E-state index is 10.2. The normalized spacial score (nSPS) is 11.2. The summed E-state index contributed by atoms with van der Waals surface area (Å²) in [6.07, 6.45) is 3.70. The van der Waals surface area contributed by atoms with Gasteiger partial charge in [-0.15, -0.1) is 0 Å². The summed E-state index contributed by atoms with van der Waals surface area (Å²) in [6.45, 7) is 0. The highest BCUT2D eigenvalue weighted by Gasteiger charge is 2.22. The van der Waals surface area contributed by atoms with Crippen LogP contribution in [0, 0.1) is 34.0 Å². The highest BCUT2D eigenvalue weighted by atomic mass is 15.0. The van der Waals surface area contributed by atoms with Gasteiger partial charge >= 0.3 is 0 Å². The van der Waals surface area contributed by atoms with Crippen LogP contribution in [-0.4, -0.2) is 14.1 Å². The molecule has 3 heterocycles. The van der Waals surface area contributed by atoms with Crippen LogP contribution in [0.1, 0.15) is 16.7 Å². The highest BCUT2D eigenvalue weighted by molar-refractivity contribution is 6.13. The number of hydrogen-bond acceptors (Lipinski definition) is 4. The molecule has 3 aromatic heterocycles. The maximum Gasteiger partial charge on any atom is 0.0998 e. The van der Waals surface area contributed by atoms with Crippen LogP contribution in [0.3, 0.4) is 0 Å². The Kier molecular flexibility index (Phi) is 7.53. The molecule has 0 unspecified atom stereocenters. The first-order chi connectivity index (χ1) is 27.7. The summed E-state index contributed by atoms with van der Waals surface area (Å²) in [5.74, 6) is 0. The van der Waals surface area contributed by atoms with E-state index in [1.165, 1.54) is 0 Å². The number of benzene rings is 7. The molecule has 0 N–H and O–H groups in total. The Hall–Kier alpha value is -8.24. The lowest BCUT2D eigenvalue weighted by Gasteiger charge is -2.18. The minimum Gasteiger partial charge on any atom is -0.309 e. The second-order valence-corrected chi connectivity index (χ2v) is 13.7. The topological polar surface area (TPSA) is 94.1 Å². The fourth-order valence-corrected chi connectivity index (χ4v) is 8.27. The molecule has 0 aliphatic heterocycles. The molecular formula is C50H28N6. The molecule has 258 valence electrons. The van der Waals surface area contributed by atoms with Gasteiger partial charge in [-0.3, -0.25) is 4.98 Å². The van der Waals surface area contributed by atoms with E-state index >= 15 is 0 Å². The first kappa shape index (κ1) is 32.4. The van der Waals surface area contributed by atoms with Gasteiger partial charge in [0.15, 0.2) is 0 Å². The summed E-state index contributed by atoms with van der Waals surface area (Å²) in [4.78, 5) is 4.67. The molecule has 0 amide bonds. The number of nitrogens with zero attached hydrogens (tertiary/aromatic N) is 6. The molecule has 0 fully saturated rings. The average molecular weight is 713 g/mol. The van der Waals surface area contributed by atoms with Crippen LogP contribution in [0.15, 0.2) is 170 Å². The van der Waals surface area contributed by atoms with Crippen molar-refractivity contribution in [3.8, 4) is 63.0 Å². The van der Waals surface area contributed by atoms with Crippen molar-refractivity contribution in [2.45, 2.75) is 0 Å². The van der Waals surface area contributed by atoms with Crippen LogP contribution in [0.25, 0.3) is 88.4 Å². The van der Waals surface area contributed by atoms with E-state index in [9.17, 15) is 15.8 Å². The fraction of sp³-hybridized carbons (Fsp3) is 0. The van der Waals surface area contributed by atoms with E-state index in [0.717, 1.165) is 88.4 Å². The molecule has 6 heteroatoms. The van der Waals surface area contributed by atoms with Crippen LogP contribution >= 0.6 is 0 Å². The molecule has 0 saturated heterocycles. The second-order valence-electron chi connectivity index (χ2n) is 13.7. The number of nitriles is 3. The third-order valence-electron chi connectivity index (χ3n) is 10.8. The third-order valence-corrected chi connectivity index (χ3v) is 10.8. The van der Waals surface area contributed by atoms with Crippen molar-refractivity contribution in [1.29, 1.82) is 15.8 Å². The first-order valence-corrected chi connectivity index (χ1v) is 18.2. The molecule has 56 heavy (non-hydrogen) atoms. The monoisotopic (exact) mass is 712 g/mol. The molecule has 6 nitrogen and oxygen atoms in total. The van der Waals surface area contributed by atoms with Gasteiger partial charge in [-0.2, -0.15) is 15.8 Å². The summed E-state index contributed by atoms with van der Waals surface area (Å²) < 4.78 is 4.54. The van der Waals surface area contributed by atoms with Crippen molar-refractivity contribution in [2.75, 3.05) is 0 Å². The lowest BCUT2D eigenvalue weighted by Crippen LogP contribution is -2.02. The summed E-state index contributed by atoms with van der Waals surface area (Å²) in [5, 5.41) is 34.3. The van der Waals surface area contributed by atoms with E-state index in [2.05, 4.69) is 99.1 Å². The minimum atomic E-state index is 0.540. The Morgan fingerprint density at radius 2 is 0.893 bits per heavy atom. The Bertz CT molecular complexity index is 3360. The third kappa shape index (κ3) is 4.97. The highest BCUT2D eigenvalue weighted by Crippen LogP contribution is 2.42. The molecule has 0 aliphatic carbocycles. The molecule has 0 bridgehead atoms. The second kappa shape index (κ2) is 13.0. The average Bonchev–Trinajstić information content (AvgIpc) is 3.78. The Balaban J connectivity index is 1.23. The number of hydrogen-bond donors (Lipinski definition) is 0. The molecular weight excluding hydrogens is 685 g/mol. The van der Waals surface area contributed by atoms with E-state index in [1.807, 2.05) is 103 Å². The SMILES string of the molecule is N#Cc1ccc(-n2c3ccccc3c3cc(-c4ccccc4C#N)ccc32)c(-c2cnccc2-n2c3ccccc3c3cc(-c4ccccc4C#N)ccc32)c1. The number of aromatic nitrogens is 3. The van der Waals surface area contributed by atoms with Crippen LogP contribution in [0.5, 0.6) is 0 Å². The first-order valence-electron chi connectivity index (χ1n) is 18.2. The summed E-state index contributed by atoms with van der Waals surface area (Å²) in [7, 11) is 0. The number of fused-ring (bicyclic) bond motifs is 6. The zero-order valence-corrected chi connectivity index (χ0v) is 29.8. The van der Waals surface area contributed by atoms with E-state index in [1.54, 1.807) is 0 Å². The van der Waals surface area contributed by atoms with Crippen molar-refractivity contribution >= 4 is 43.6 Å². The predicted octanol–water partition coefficient (Wildman–Crippen LogP) is 11.9. The van der Waals surface area contributed by atoms with Gasteiger partial charge in [0, 0.05) is 45.1 Å². The fourth-order valence-electron chi connectivity index (χ4n) is 8.27. The van der Waals surface area contributed by atoms with Gasteiger partial charge in [0.05, 0.1) is 68.3 Å². The molecule has 10 aromatic rings. The molecule has 0 saturated carbocycles. The van der Waals surface area contributed by atoms with Gasteiger partial charge < -0.3 is 9.13 Å². The molecule has 7 aromatic carbocycles. The van der Waals surface area contributed by atoms with Gasteiger partial charge in [0.2, 0.25) is 0 Å². The number of rotatable bonds is 5. The van der Waals surface area contributed by atoms with Crippen molar-refractivity contribution in [2.24, 2.45) is 0 Å². The zero-order valence-electron chi connectivity index (χ0n) is 29.8. The van der Waals surface area contributed by atoms with Gasteiger partial charge in [-0.25, -0.2) is 0 Å². The Morgan fingerprint density at radius 1 is 0.393 bits per heavy atom. The van der Waals surface area contributed by atoms with Crippen molar-refractivity contribution < 1.29 is 0 Å². The largest absolute Gasteiger partial charge is 0.309 e. The van der Waals surface area contributed by atoms with E-state index in [-0.39, 0.29) is 0 Å². The molecule has 0 atom stereocenters. The van der Waals surface area contributed by atoms with Gasteiger partial charge in [0.1, 0.15) is 0 Å². The van der Waals surface area contributed by atoms with Crippen LogP contribution in [0.4, 0.5) is 0 Å². The standard InChI is InChI=1S/C50H28N6/c51-28-32-17-20-47(55-45-15-7-5-13-39(45)42-26-33(18-21-48(42)55)37-11-3-1-9-35(37)29-52)41(25-32)44-31-54-24-23-50(44)56-46-16-8-6-14-40(46)43-27-34(19-22-49(43)56)38-12-4-2-10-36(38)30-53/h1-27,31H. The van der Waals surface area contributed by atoms with Crippen molar-refractivity contribution in [1.82, 2.24) is 14.1 Å². The quantitative estimate of drug-likeness (QED) is 0.177. The van der Waals surface area contributed by atoms with Crippen molar-refractivity contribution in [3.63, 3.8) is 0 Å². The van der Waals surface area contributed by atoms with Gasteiger partial charge in [-0.1, -0.05) is 84.9 Å². The number of pyridine rings is 1. The molecule has 0 aliphatic rings. The smallest absolute Gasteiger partial charge is 0.0998 e. The van der Waals surface area contributed by atoms with Gasteiger partial charge in [-0.05, 0) is 95.1 Å². The minimum absolute atomic E-state index is 0.540. The Morgan fingerprint density at radius 3 is 1.45 bits per heavy atom. The Labute approximate surface area is 322 Å². The lowest BCUT2D eigenvalue weighted by atomic mass is 9.98. The molecule has 10 rings (SSSR count). The number of para-hydroxylation sites is 2. The maximum absolute atomic E-state index is 10.2. The van der Waals surface area contributed by atoms with Crippen molar-refractivity contribution in [3.05, 3.63) is 187 Å².